The molecular formula is C51H39N3. The van der Waals surface area contributed by atoms with Gasteiger partial charge in [0.1, 0.15) is 0 Å². The Morgan fingerprint density at radius 2 is 0.926 bits per heavy atom. The Hall–Kier alpha value is -5.93. The summed E-state index contributed by atoms with van der Waals surface area (Å²) < 4.78 is 0. The molecule has 8 aromatic rings. The fraction of sp³-hybridized carbons (Fsp3) is 0.196. The lowest BCUT2D eigenvalue weighted by molar-refractivity contribution is -0.0398. The number of hydrogen-bond donors (Lipinski definition) is 0. The minimum atomic E-state index is 0.119. The average Bonchev–Trinajstić information content (AvgIpc) is 3.51. The largest absolute Gasteiger partial charge is 0.208 e. The molecule has 4 fully saturated rings. The molecule has 7 aromatic carbocycles. The molecule has 5 aliphatic carbocycles. The zero-order chi connectivity index (χ0) is 35.4. The van der Waals surface area contributed by atoms with Crippen LogP contribution in [0.4, 0.5) is 0 Å². The van der Waals surface area contributed by atoms with Crippen molar-refractivity contribution in [3.8, 4) is 56.4 Å². The van der Waals surface area contributed by atoms with Gasteiger partial charge in [0, 0.05) is 22.1 Å². The van der Waals surface area contributed by atoms with Crippen LogP contribution in [-0.2, 0) is 5.41 Å². The SMILES string of the molecule is c1ccc(-c2nc(-c3ccccc3)nc(-c3ccc4ccc(-c5cccc6c5-c5cc7ccccc7cc5C65C6CC7CC(C6)CC5C7)cc4c3)n2)cc1. The lowest BCUT2D eigenvalue weighted by Gasteiger charge is -2.61. The first-order chi connectivity index (χ1) is 26.7. The Bertz CT molecular complexity index is 2700. The van der Waals surface area contributed by atoms with Gasteiger partial charge in [-0.3, -0.25) is 0 Å². The lowest BCUT2D eigenvalue weighted by Crippen LogP contribution is -2.55. The minimum absolute atomic E-state index is 0.119. The zero-order valence-corrected chi connectivity index (χ0v) is 30.1. The first-order valence-electron chi connectivity index (χ1n) is 19.8. The highest BCUT2D eigenvalue weighted by Crippen LogP contribution is 2.70. The third kappa shape index (κ3) is 4.45. The molecule has 3 heteroatoms. The maximum atomic E-state index is 5.05. The van der Waals surface area contributed by atoms with Crippen molar-refractivity contribution in [1.82, 2.24) is 15.0 Å². The zero-order valence-electron chi connectivity index (χ0n) is 30.1. The van der Waals surface area contributed by atoms with E-state index in [0.29, 0.717) is 17.5 Å². The second kappa shape index (κ2) is 11.5. The molecule has 0 unspecified atom stereocenters. The van der Waals surface area contributed by atoms with Gasteiger partial charge < -0.3 is 0 Å². The predicted octanol–water partition coefficient (Wildman–Crippen LogP) is 12.6. The van der Waals surface area contributed by atoms with E-state index in [1.807, 2.05) is 36.4 Å². The van der Waals surface area contributed by atoms with Gasteiger partial charge >= 0.3 is 0 Å². The van der Waals surface area contributed by atoms with Crippen LogP contribution in [0.1, 0.15) is 43.2 Å². The van der Waals surface area contributed by atoms with Gasteiger partial charge in [0.05, 0.1) is 0 Å². The van der Waals surface area contributed by atoms with Crippen LogP contribution in [0.5, 0.6) is 0 Å². The van der Waals surface area contributed by atoms with E-state index in [-0.39, 0.29) is 5.41 Å². The van der Waals surface area contributed by atoms with Crippen LogP contribution in [0.3, 0.4) is 0 Å². The van der Waals surface area contributed by atoms with Gasteiger partial charge in [-0.1, -0.05) is 127 Å². The molecule has 1 spiro atoms. The van der Waals surface area contributed by atoms with Crippen molar-refractivity contribution < 1.29 is 0 Å². The Kier molecular flexibility index (Phi) is 6.52. The minimum Gasteiger partial charge on any atom is -0.208 e. The normalized spacial score (nSPS) is 23.3. The third-order valence-corrected chi connectivity index (χ3v) is 13.6. The summed E-state index contributed by atoms with van der Waals surface area (Å²) in [4.78, 5) is 15.0. The Morgan fingerprint density at radius 1 is 0.370 bits per heavy atom. The summed E-state index contributed by atoms with van der Waals surface area (Å²) in [5, 5.41) is 5.11. The van der Waals surface area contributed by atoms with Crippen molar-refractivity contribution in [3.63, 3.8) is 0 Å². The summed E-state index contributed by atoms with van der Waals surface area (Å²) in [6, 6.07) is 55.5. The molecule has 0 amide bonds. The van der Waals surface area contributed by atoms with Gasteiger partial charge in [-0.25, -0.2) is 15.0 Å². The molecule has 4 bridgehead atoms. The molecule has 0 N–H and O–H groups in total. The van der Waals surface area contributed by atoms with Crippen molar-refractivity contribution in [2.24, 2.45) is 23.7 Å². The average molecular weight is 694 g/mol. The molecule has 0 atom stereocenters. The highest BCUT2D eigenvalue weighted by molar-refractivity contribution is 6.00. The van der Waals surface area contributed by atoms with Crippen molar-refractivity contribution in [2.45, 2.75) is 37.5 Å². The fourth-order valence-corrected chi connectivity index (χ4v) is 11.7. The Labute approximate surface area is 315 Å². The number of aromatic nitrogens is 3. The third-order valence-electron chi connectivity index (χ3n) is 13.6. The van der Waals surface area contributed by atoms with E-state index in [9.17, 15) is 0 Å². The highest BCUT2D eigenvalue weighted by atomic mass is 15.0. The summed E-state index contributed by atoms with van der Waals surface area (Å²) in [5.74, 6) is 5.33. The van der Waals surface area contributed by atoms with Crippen LogP contribution in [0.15, 0.2) is 152 Å². The van der Waals surface area contributed by atoms with Crippen LogP contribution in [-0.4, -0.2) is 15.0 Å². The number of nitrogens with zero attached hydrogens (tertiary/aromatic N) is 3. The van der Waals surface area contributed by atoms with Crippen molar-refractivity contribution in [2.75, 3.05) is 0 Å². The predicted molar refractivity (Wildman–Crippen MR) is 220 cm³/mol. The summed E-state index contributed by atoms with van der Waals surface area (Å²) >= 11 is 0. The standard InChI is InChI=1S/C51H39N3/c1-3-10-34(11-4-1)48-52-49(35-12-5-2-6-13-35)54-50(53-48)39-21-19-33-18-20-38(27-40(33)28-39)43-16-9-17-45-47(43)44-29-36-14-7-8-15-37(36)30-46(44)51(45)41-23-31-22-32(25-41)26-42(51)24-31/h1-21,27-32,41-42H,22-26H2. The Morgan fingerprint density at radius 3 is 1.57 bits per heavy atom. The molecule has 0 saturated heterocycles. The van der Waals surface area contributed by atoms with E-state index in [1.165, 1.54) is 75.9 Å². The first-order valence-corrected chi connectivity index (χ1v) is 19.8. The number of fused-ring (bicyclic) bond motifs is 5. The number of hydrogen-bond acceptors (Lipinski definition) is 3. The van der Waals surface area contributed by atoms with Crippen LogP contribution >= 0.6 is 0 Å². The van der Waals surface area contributed by atoms with Crippen LogP contribution < -0.4 is 0 Å². The van der Waals surface area contributed by atoms with Crippen LogP contribution in [0.25, 0.3) is 78.0 Å². The molecular weight excluding hydrogens is 655 g/mol. The smallest absolute Gasteiger partial charge is 0.164 e. The fourth-order valence-electron chi connectivity index (χ4n) is 11.7. The first kappa shape index (κ1) is 30.5. The van der Waals surface area contributed by atoms with Crippen molar-refractivity contribution in [3.05, 3.63) is 163 Å². The topological polar surface area (TPSA) is 38.7 Å². The van der Waals surface area contributed by atoms with Crippen LogP contribution in [0, 0.1) is 23.7 Å². The lowest BCUT2D eigenvalue weighted by atomic mass is 9.43. The summed E-state index contributed by atoms with van der Waals surface area (Å²) in [7, 11) is 0. The molecule has 258 valence electrons. The summed E-state index contributed by atoms with van der Waals surface area (Å²) in [5.41, 5.74) is 11.8. The monoisotopic (exact) mass is 693 g/mol. The molecule has 54 heavy (non-hydrogen) atoms. The number of rotatable bonds is 4. The molecule has 4 saturated carbocycles. The van der Waals surface area contributed by atoms with Crippen molar-refractivity contribution >= 4 is 21.5 Å². The van der Waals surface area contributed by atoms with E-state index >= 15 is 0 Å². The van der Waals surface area contributed by atoms with Gasteiger partial charge in [0.25, 0.3) is 0 Å². The molecule has 13 rings (SSSR count). The van der Waals surface area contributed by atoms with E-state index in [2.05, 4.69) is 115 Å². The van der Waals surface area contributed by atoms with Crippen molar-refractivity contribution in [1.29, 1.82) is 0 Å². The molecule has 1 heterocycles. The molecule has 5 aliphatic rings. The van der Waals surface area contributed by atoms with E-state index in [0.717, 1.165) is 40.4 Å². The molecule has 0 aliphatic heterocycles. The van der Waals surface area contributed by atoms with E-state index in [4.69, 9.17) is 15.0 Å². The van der Waals surface area contributed by atoms with Crippen LogP contribution in [0.2, 0.25) is 0 Å². The number of benzene rings is 7. The van der Waals surface area contributed by atoms with Gasteiger partial charge in [0.15, 0.2) is 17.5 Å². The van der Waals surface area contributed by atoms with Gasteiger partial charge in [0.2, 0.25) is 0 Å². The molecule has 3 nitrogen and oxygen atoms in total. The van der Waals surface area contributed by atoms with E-state index < -0.39 is 0 Å². The second-order valence-electron chi connectivity index (χ2n) is 16.5. The molecule has 0 radical (unpaired) electrons. The maximum Gasteiger partial charge on any atom is 0.164 e. The summed E-state index contributed by atoms with van der Waals surface area (Å²) in [6.07, 6.45) is 7.01. The van der Waals surface area contributed by atoms with Gasteiger partial charge in [-0.2, -0.15) is 0 Å². The van der Waals surface area contributed by atoms with Gasteiger partial charge in [-0.15, -0.1) is 0 Å². The molecule has 1 aromatic heterocycles. The second-order valence-corrected chi connectivity index (χ2v) is 16.5. The van der Waals surface area contributed by atoms with E-state index in [1.54, 1.807) is 11.1 Å². The highest BCUT2D eigenvalue weighted by Gasteiger charge is 2.61. The maximum absolute atomic E-state index is 5.05. The Balaban J connectivity index is 1.03. The quantitative estimate of drug-likeness (QED) is 0.184. The van der Waals surface area contributed by atoms with Gasteiger partial charge in [-0.05, 0) is 135 Å². The summed E-state index contributed by atoms with van der Waals surface area (Å²) in [6.45, 7) is 0.